The molecule has 88 valence electrons. The van der Waals surface area contributed by atoms with Crippen molar-refractivity contribution < 1.29 is 9.50 Å². The maximum Gasteiger partial charge on any atom is 0.123 e. The second kappa shape index (κ2) is 5.25. The Labute approximate surface area is 104 Å². The van der Waals surface area contributed by atoms with Crippen LogP contribution >= 0.6 is 11.6 Å². The van der Waals surface area contributed by atoms with Gasteiger partial charge in [0.15, 0.2) is 0 Å². The standard InChI is InChI=1S/C13H11ClFNO/c14-12-8-16-6-5-11(12)13(17)7-9-1-3-10(15)4-2-9/h1-6,8,13,17H,7H2. The van der Waals surface area contributed by atoms with Crippen molar-refractivity contribution in [2.45, 2.75) is 12.5 Å². The molecule has 0 spiro atoms. The molecule has 0 bridgehead atoms. The Morgan fingerprint density at radius 1 is 1.24 bits per heavy atom. The van der Waals surface area contributed by atoms with Crippen LogP contribution in [0.4, 0.5) is 4.39 Å². The molecule has 0 radical (unpaired) electrons. The molecule has 0 aliphatic rings. The van der Waals surface area contributed by atoms with Crippen molar-refractivity contribution >= 4 is 11.6 Å². The van der Waals surface area contributed by atoms with Gasteiger partial charge in [-0.2, -0.15) is 0 Å². The zero-order chi connectivity index (χ0) is 12.3. The van der Waals surface area contributed by atoms with Crippen LogP contribution in [0.3, 0.4) is 0 Å². The normalized spacial score (nSPS) is 12.4. The molecule has 1 atom stereocenters. The molecule has 1 heterocycles. The topological polar surface area (TPSA) is 33.1 Å². The molecule has 0 aliphatic carbocycles. The summed E-state index contributed by atoms with van der Waals surface area (Å²) in [6, 6.07) is 7.71. The van der Waals surface area contributed by atoms with Gasteiger partial charge in [0.05, 0.1) is 11.1 Å². The Bertz CT molecular complexity index is 501. The first kappa shape index (κ1) is 12.0. The van der Waals surface area contributed by atoms with Gasteiger partial charge in [0.1, 0.15) is 5.82 Å². The summed E-state index contributed by atoms with van der Waals surface area (Å²) in [5.74, 6) is -0.287. The number of benzene rings is 1. The van der Waals surface area contributed by atoms with Crippen LogP contribution in [0, 0.1) is 5.82 Å². The van der Waals surface area contributed by atoms with Crippen LogP contribution in [-0.2, 0) is 6.42 Å². The van der Waals surface area contributed by atoms with Crippen LogP contribution in [0.25, 0.3) is 0 Å². The second-order valence-corrected chi connectivity index (χ2v) is 4.15. The van der Waals surface area contributed by atoms with E-state index in [1.165, 1.54) is 18.3 Å². The van der Waals surface area contributed by atoms with Crippen LogP contribution < -0.4 is 0 Å². The molecule has 1 aromatic carbocycles. The van der Waals surface area contributed by atoms with E-state index in [-0.39, 0.29) is 5.82 Å². The quantitative estimate of drug-likeness (QED) is 0.909. The van der Waals surface area contributed by atoms with Crippen molar-refractivity contribution in [3.05, 3.63) is 64.7 Å². The molecule has 2 nitrogen and oxygen atoms in total. The van der Waals surface area contributed by atoms with Gasteiger partial charge >= 0.3 is 0 Å². The number of hydrogen-bond acceptors (Lipinski definition) is 2. The highest BCUT2D eigenvalue weighted by atomic mass is 35.5. The van der Waals surface area contributed by atoms with E-state index in [4.69, 9.17) is 11.6 Å². The second-order valence-electron chi connectivity index (χ2n) is 3.74. The number of aliphatic hydroxyl groups excluding tert-OH is 1. The number of pyridine rings is 1. The highest BCUT2D eigenvalue weighted by molar-refractivity contribution is 6.31. The van der Waals surface area contributed by atoms with Crippen LogP contribution in [0.2, 0.25) is 5.02 Å². The molecule has 17 heavy (non-hydrogen) atoms. The molecule has 2 aromatic rings. The predicted molar refractivity (Wildman–Crippen MR) is 64.3 cm³/mol. The molecule has 0 saturated carbocycles. The minimum atomic E-state index is -0.712. The lowest BCUT2D eigenvalue weighted by Gasteiger charge is -2.12. The lowest BCUT2D eigenvalue weighted by molar-refractivity contribution is 0.178. The zero-order valence-corrected chi connectivity index (χ0v) is 9.73. The first-order valence-corrected chi connectivity index (χ1v) is 5.56. The molecule has 0 fully saturated rings. The van der Waals surface area contributed by atoms with E-state index in [9.17, 15) is 9.50 Å². The van der Waals surface area contributed by atoms with Crippen LogP contribution in [0.1, 0.15) is 17.2 Å². The van der Waals surface area contributed by atoms with Crippen molar-refractivity contribution in [1.82, 2.24) is 4.98 Å². The summed E-state index contributed by atoms with van der Waals surface area (Å²) >= 11 is 5.93. The molecule has 0 saturated heterocycles. The first-order chi connectivity index (χ1) is 8.16. The zero-order valence-electron chi connectivity index (χ0n) is 8.98. The Morgan fingerprint density at radius 3 is 2.59 bits per heavy atom. The van der Waals surface area contributed by atoms with E-state index in [0.29, 0.717) is 17.0 Å². The van der Waals surface area contributed by atoms with Crippen LogP contribution in [-0.4, -0.2) is 10.1 Å². The number of hydrogen-bond donors (Lipinski definition) is 1. The summed E-state index contributed by atoms with van der Waals surface area (Å²) in [7, 11) is 0. The summed E-state index contributed by atoms with van der Waals surface area (Å²) in [6.45, 7) is 0. The highest BCUT2D eigenvalue weighted by Gasteiger charge is 2.12. The summed E-state index contributed by atoms with van der Waals surface area (Å²) in [5, 5.41) is 10.5. The summed E-state index contributed by atoms with van der Waals surface area (Å²) in [4.78, 5) is 3.85. The Hall–Kier alpha value is -1.45. The smallest absolute Gasteiger partial charge is 0.123 e. The highest BCUT2D eigenvalue weighted by Crippen LogP contribution is 2.24. The third-order valence-corrected chi connectivity index (χ3v) is 2.82. The fourth-order valence-corrected chi connectivity index (χ4v) is 1.86. The minimum absolute atomic E-state index is 0.287. The number of aromatic nitrogens is 1. The van der Waals surface area contributed by atoms with Crippen molar-refractivity contribution in [2.24, 2.45) is 0 Å². The van der Waals surface area contributed by atoms with Gasteiger partial charge < -0.3 is 5.11 Å². The fraction of sp³-hybridized carbons (Fsp3) is 0.154. The molecule has 1 unspecified atom stereocenters. The first-order valence-electron chi connectivity index (χ1n) is 5.19. The number of halogens is 2. The van der Waals surface area contributed by atoms with Gasteiger partial charge in [0.2, 0.25) is 0 Å². The lowest BCUT2D eigenvalue weighted by atomic mass is 10.0. The Balaban J connectivity index is 2.14. The summed E-state index contributed by atoms with van der Waals surface area (Å²) in [6.07, 6.45) is 2.75. The van der Waals surface area contributed by atoms with E-state index < -0.39 is 6.10 Å². The van der Waals surface area contributed by atoms with Gasteiger partial charge in [-0.25, -0.2) is 4.39 Å². The minimum Gasteiger partial charge on any atom is -0.388 e. The van der Waals surface area contributed by atoms with Gasteiger partial charge in [0.25, 0.3) is 0 Å². The molecule has 4 heteroatoms. The van der Waals surface area contributed by atoms with E-state index in [1.807, 2.05) is 0 Å². The molecule has 1 aromatic heterocycles. The van der Waals surface area contributed by atoms with E-state index in [0.717, 1.165) is 5.56 Å². The lowest BCUT2D eigenvalue weighted by Crippen LogP contribution is -2.02. The predicted octanol–water partition coefficient (Wildman–Crippen LogP) is 3.15. The van der Waals surface area contributed by atoms with Crippen LogP contribution in [0.5, 0.6) is 0 Å². The molecule has 1 N–H and O–H groups in total. The molecule has 2 rings (SSSR count). The third kappa shape index (κ3) is 3.02. The van der Waals surface area contributed by atoms with Gasteiger partial charge in [-0.1, -0.05) is 23.7 Å². The average Bonchev–Trinajstić information content (AvgIpc) is 2.32. The number of nitrogens with zero attached hydrogens (tertiary/aromatic N) is 1. The molecule has 0 amide bonds. The fourth-order valence-electron chi connectivity index (χ4n) is 1.61. The van der Waals surface area contributed by atoms with Crippen molar-refractivity contribution in [3.8, 4) is 0 Å². The van der Waals surface area contributed by atoms with E-state index in [2.05, 4.69) is 4.98 Å². The van der Waals surface area contributed by atoms with E-state index in [1.54, 1.807) is 24.4 Å². The summed E-state index contributed by atoms with van der Waals surface area (Å²) < 4.78 is 12.7. The largest absolute Gasteiger partial charge is 0.388 e. The van der Waals surface area contributed by atoms with Gasteiger partial charge in [-0.15, -0.1) is 0 Å². The molecule has 0 aliphatic heterocycles. The Kier molecular flexibility index (Phi) is 3.71. The van der Waals surface area contributed by atoms with Gasteiger partial charge in [-0.3, -0.25) is 4.98 Å². The van der Waals surface area contributed by atoms with Crippen molar-refractivity contribution in [1.29, 1.82) is 0 Å². The number of rotatable bonds is 3. The van der Waals surface area contributed by atoms with Gasteiger partial charge in [0, 0.05) is 24.4 Å². The molecular weight excluding hydrogens is 241 g/mol. The monoisotopic (exact) mass is 251 g/mol. The maximum absolute atomic E-state index is 12.7. The maximum atomic E-state index is 12.7. The van der Waals surface area contributed by atoms with Crippen molar-refractivity contribution in [3.63, 3.8) is 0 Å². The van der Waals surface area contributed by atoms with E-state index >= 15 is 0 Å². The van der Waals surface area contributed by atoms with Gasteiger partial charge in [-0.05, 0) is 23.8 Å². The average molecular weight is 252 g/mol. The number of aliphatic hydroxyl groups is 1. The third-order valence-electron chi connectivity index (χ3n) is 2.51. The molecular formula is C13H11ClFNO. The summed E-state index contributed by atoms with van der Waals surface area (Å²) in [5.41, 5.74) is 1.48. The SMILES string of the molecule is OC(Cc1ccc(F)cc1)c1ccncc1Cl. The van der Waals surface area contributed by atoms with Crippen molar-refractivity contribution in [2.75, 3.05) is 0 Å². The Morgan fingerprint density at radius 2 is 1.94 bits per heavy atom. The van der Waals surface area contributed by atoms with Crippen LogP contribution in [0.15, 0.2) is 42.7 Å².